The quantitative estimate of drug-likeness (QED) is 0.810. The molecule has 0 radical (unpaired) electrons. The third-order valence-electron chi connectivity index (χ3n) is 1.56. The van der Waals surface area contributed by atoms with Crippen LogP contribution in [0.25, 0.3) is 0 Å². The number of hydrogen-bond acceptors (Lipinski definition) is 6. The molecule has 1 heterocycles. The van der Waals surface area contributed by atoms with Crippen LogP contribution >= 0.6 is 0 Å². The molecule has 0 aliphatic heterocycles. The molecule has 0 saturated carbocycles. The summed E-state index contributed by atoms with van der Waals surface area (Å²) in [6.45, 7) is -0.806. The zero-order valence-corrected chi connectivity index (χ0v) is 8.74. The molecule has 0 aromatic carbocycles. The molecule has 0 fully saturated rings. The van der Waals surface area contributed by atoms with Crippen molar-refractivity contribution in [1.29, 1.82) is 0 Å². The van der Waals surface area contributed by atoms with Crippen molar-refractivity contribution in [3.05, 3.63) is 0 Å². The van der Waals surface area contributed by atoms with Crippen LogP contribution in [0.5, 0.6) is 17.5 Å². The third-order valence-corrected chi connectivity index (χ3v) is 1.56. The summed E-state index contributed by atoms with van der Waals surface area (Å²) < 4.78 is 38.4. The molecule has 0 saturated heterocycles. The molecule has 1 rings (SSSR count). The number of nitrogen functional groups attached to an aromatic ring is 1. The van der Waals surface area contributed by atoms with E-state index in [1.54, 1.807) is 0 Å². The van der Waals surface area contributed by atoms with Gasteiger partial charge >= 0.3 is 0 Å². The topological polar surface area (TPSA) is 79.5 Å². The van der Waals surface area contributed by atoms with Gasteiger partial charge in [-0.05, 0) is 0 Å². The first-order chi connectivity index (χ1) is 7.58. The summed E-state index contributed by atoms with van der Waals surface area (Å²) in [5.41, 5.74) is 5.35. The zero-order valence-electron chi connectivity index (χ0n) is 8.74. The summed E-state index contributed by atoms with van der Waals surface area (Å²) in [5, 5.41) is 0. The number of nitrogens with two attached hydrogens (primary N) is 1. The summed E-state index contributed by atoms with van der Waals surface area (Å²) in [6.07, 6.45) is -2.62. The van der Waals surface area contributed by atoms with Gasteiger partial charge < -0.3 is 19.9 Å². The van der Waals surface area contributed by atoms with Crippen molar-refractivity contribution in [3.63, 3.8) is 0 Å². The van der Waals surface area contributed by atoms with Crippen molar-refractivity contribution < 1.29 is 23.0 Å². The van der Waals surface area contributed by atoms with E-state index in [1.165, 1.54) is 14.2 Å². The molecule has 1 aromatic heterocycles. The second-order valence-electron chi connectivity index (χ2n) is 2.63. The van der Waals surface area contributed by atoms with E-state index in [4.69, 9.17) is 19.9 Å². The minimum atomic E-state index is -2.62. The number of alkyl halides is 2. The standard InChI is InChI=1S/C8H11F2N3O3/c1-14-6-5(16-3-4(9)10)7(15-2)13-8(11)12-6/h4H,3H2,1-2H3,(H2,11,12,13). The molecule has 0 aliphatic carbocycles. The minimum absolute atomic E-state index is 0.0509. The summed E-state index contributed by atoms with van der Waals surface area (Å²) in [4.78, 5) is 7.35. The Labute approximate surface area is 90.3 Å². The van der Waals surface area contributed by atoms with Crippen LogP contribution < -0.4 is 19.9 Å². The summed E-state index contributed by atoms with van der Waals surface area (Å²) in [5.74, 6) is -0.299. The van der Waals surface area contributed by atoms with Gasteiger partial charge in [-0.3, -0.25) is 0 Å². The first-order valence-corrected chi connectivity index (χ1v) is 4.25. The Morgan fingerprint density at radius 1 is 1.19 bits per heavy atom. The van der Waals surface area contributed by atoms with E-state index in [0.29, 0.717) is 0 Å². The van der Waals surface area contributed by atoms with Gasteiger partial charge in [0.2, 0.25) is 11.7 Å². The van der Waals surface area contributed by atoms with Crippen LogP contribution in [0.2, 0.25) is 0 Å². The Hall–Kier alpha value is -1.86. The number of ether oxygens (including phenoxy) is 3. The van der Waals surface area contributed by atoms with Gasteiger partial charge in [0.05, 0.1) is 14.2 Å². The van der Waals surface area contributed by atoms with Gasteiger partial charge in [0, 0.05) is 0 Å². The molecule has 6 nitrogen and oxygen atoms in total. The van der Waals surface area contributed by atoms with Crippen molar-refractivity contribution >= 4 is 5.95 Å². The van der Waals surface area contributed by atoms with E-state index in [-0.39, 0.29) is 23.5 Å². The molecule has 0 atom stereocenters. The van der Waals surface area contributed by atoms with Crippen molar-refractivity contribution in [2.24, 2.45) is 0 Å². The summed E-state index contributed by atoms with van der Waals surface area (Å²) >= 11 is 0. The van der Waals surface area contributed by atoms with E-state index < -0.39 is 13.0 Å². The average Bonchev–Trinajstić information content (AvgIpc) is 2.25. The predicted molar refractivity (Wildman–Crippen MR) is 51.0 cm³/mol. The third kappa shape index (κ3) is 2.81. The lowest BCUT2D eigenvalue weighted by molar-refractivity contribution is 0.0781. The first-order valence-electron chi connectivity index (χ1n) is 4.25. The van der Waals surface area contributed by atoms with Gasteiger partial charge in [-0.1, -0.05) is 0 Å². The molecule has 8 heteroatoms. The Kier molecular flexibility index (Phi) is 4.03. The van der Waals surface area contributed by atoms with Gasteiger partial charge in [0.25, 0.3) is 18.2 Å². The molecule has 0 bridgehead atoms. The van der Waals surface area contributed by atoms with Gasteiger partial charge in [-0.15, -0.1) is 0 Å². The smallest absolute Gasteiger partial charge is 0.272 e. The van der Waals surface area contributed by atoms with Gasteiger partial charge in [-0.25, -0.2) is 8.78 Å². The largest absolute Gasteiger partial charge is 0.478 e. The second-order valence-corrected chi connectivity index (χ2v) is 2.63. The fourth-order valence-electron chi connectivity index (χ4n) is 0.973. The zero-order chi connectivity index (χ0) is 12.1. The van der Waals surface area contributed by atoms with Gasteiger partial charge in [0.15, 0.2) is 0 Å². The highest BCUT2D eigenvalue weighted by atomic mass is 19.3. The number of rotatable bonds is 5. The number of halogens is 2. The number of anilines is 1. The molecule has 90 valence electrons. The number of hydrogen-bond donors (Lipinski definition) is 1. The Balaban J connectivity index is 3.02. The molecular formula is C8H11F2N3O3. The van der Waals surface area contributed by atoms with E-state index in [2.05, 4.69) is 9.97 Å². The van der Waals surface area contributed by atoms with E-state index in [9.17, 15) is 8.78 Å². The highest BCUT2D eigenvalue weighted by molar-refractivity contribution is 5.46. The average molecular weight is 235 g/mol. The van der Waals surface area contributed by atoms with Crippen LogP contribution in [0.4, 0.5) is 14.7 Å². The van der Waals surface area contributed by atoms with Crippen LogP contribution in [0.15, 0.2) is 0 Å². The van der Waals surface area contributed by atoms with Crippen LogP contribution in [0.1, 0.15) is 0 Å². The van der Waals surface area contributed by atoms with E-state index in [0.717, 1.165) is 0 Å². The maximum atomic E-state index is 12.0. The maximum Gasteiger partial charge on any atom is 0.272 e. The lowest BCUT2D eigenvalue weighted by atomic mass is 10.5. The maximum absolute atomic E-state index is 12.0. The fraction of sp³-hybridized carbons (Fsp3) is 0.500. The minimum Gasteiger partial charge on any atom is -0.478 e. The fourth-order valence-corrected chi connectivity index (χ4v) is 0.973. The monoisotopic (exact) mass is 235 g/mol. The summed E-state index contributed by atoms with van der Waals surface area (Å²) in [6, 6.07) is 0. The normalized spacial score (nSPS) is 10.3. The SMILES string of the molecule is COc1nc(N)nc(OC)c1OCC(F)F. The molecule has 1 aromatic rings. The first kappa shape index (κ1) is 12.2. The lowest BCUT2D eigenvalue weighted by Crippen LogP contribution is -2.11. The number of nitrogens with zero attached hydrogens (tertiary/aromatic N) is 2. The van der Waals surface area contributed by atoms with Crippen molar-refractivity contribution in [3.8, 4) is 17.5 Å². The molecule has 0 aliphatic rings. The Bertz CT molecular complexity index is 337. The van der Waals surface area contributed by atoms with E-state index in [1.807, 2.05) is 0 Å². The molecule has 2 N–H and O–H groups in total. The highest BCUT2D eigenvalue weighted by Crippen LogP contribution is 2.34. The van der Waals surface area contributed by atoms with Gasteiger partial charge in [-0.2, -0.15) is 9.97 Å². The molecule has 16 heavy (non-hydrogen) atoms. The van der Waals surface area contributed by atoms with Crippen molar-refractivity contribution in [2.45, 2.75) is 6.43 Å². The second kappa shape index (κ2) is 5.29. The molecule has 0 amide bonds. The number of aromatic nitrogens is 2. The van der Waals surface area contributed by atoms with Crippen LogP contribution in [-0.2, 0) is 0 Å². The molecule has 0 spiro atoms. The van der Waals surface area contributed by atoms with Gasteiger partial charge in [0.1, 0.15) is 6.61 Å². The van der Waals surface area contributed by atoms with Crippen molar-refractivity contribution in [2.75, 3.05) is 26.6 Å². The highest BCUT2D eigenvalue weighted by Gasteiger charge is 2.18. The Morgan fingerprint density at radius 3 is 2.06 bits per heavy atom. The Morgan fingerprint density at radius 2 is 1.69 bits per heavy atom. The van der Waals surface area contributed by atoms with Crippen molar-refractivity contribution in [1.82, 2.24) is 9.97 Å². The summed E-state index contributed by atoms with van der Waals surface area (Å²) in [7, 11) is 2.60. The predicted octanol–water partition coefficient (Wildman–Crippen LogP) is 0.720. The van der Waals surface area contributed by atoms with Crippen LogP contribution in [0, 0.1) is 0 Å². The van der Waals surface area contributed by atoms with Crippen LogP contribution in [-0.4, -0.2) is 37.2 Å². The number of methoxy groups -OCH3 is 2. The molecule has 0 unspecified atom stereocenters. The molecular weight excluding hydrogens is 224 g/mol. The van der Waals surface area contributed by atoms with E-state index >= 15 is 0 Å². The van der Waals surface area contributed by atoms with Crippen LogP contribution in [0.3, 0.4) is 0 Å². The lowest BCUT2D eigenvalue weighted by Gasteiger charge is -2.12.